The van der Waals surface area contributed by atoms with Crippen molar-refractivity contribution < 1.29 is 4.42 Å². The second-order valence-corrected chi connectivity index (χ2v) is 6.96. The Labute approximate surface area is 146 Å². The van der Waals surface area contributed by atoms with Gasteiger partial charge in [-0.3, -0.25) is 9.67 Å². The van der Waals surface area contributed by atoms with E-state index in [1.54, 1.807) is 4.57 Å². The molecule has 0 spiro atoms. The van der Waals surface area contributed by atoms with Crippen molar-refractivity contribution in [1.29, 1.82) is 0 Å². The fourth-order valence-corrected chi connectivity index (χ4v) is 3.83. The largest absolute Gasteiger partial charge is 0.419 e. The third-order valence-electron chi connectivity index (χ3n) is 5.08. The third kappa shape index (κ3) is 3.39. The summed E-state index contributed by atoms with van der Waals surface area (Å²) in [5.41, 5.74) is 3.85. The van der Waals surface area contributed by atoms with E-state index in [2.05, 4.69) is 21.2 Å². The molecule has 0 aliphatic carbocycles. The highest BCUT2D eigenvalue weighted by Gasteiger charge is 2.22. The number of nitrogens with one attached hydrogen (secondary N) is 1. The zero-order valence-electron chi connectivity index (χ0n) is 14.6. The smallest absolute Gasteiger partial charge is 0.408 e. The second-order valence-electron chi connectivity index (χ2n) is 6.96. The number of aromatic nitrogens is 3. The molecule has 3 heterocycles. The number of H-pyrrole nitrogens is 1. The van der Waals surface area contributed by atoms with Crippen LogP contribution in [0.3, 0.4) is 0 Å². The lowest BCUT2D eigenvalue weighted by Gasteiger charge is -2.31. The monoisotopic (exact) mass is 340 g/mol. The fourth-order valence-electron chi connectivity index (χ4n) is 3.83. The standard InChI is InChI=1S/C19H24N4O2/c1-14-12-16(21-20-14)15-6-4-9-22(13-15)10-5-11-23-17-7-2-3-8-18(17)25-19(23)24/h2-3,7-8,12,15H,4-6,9-11,13H2,1H3,(H,20,21)/t15-/m1/s1. The van der Waals surface area contributed by atoms with Gasteiger partial charge >= 0.3 is 5.76 Å². The van der Waals surface area contributed by atoms with Gasteiger partial charge in [-0.2, -0.15) is 5.10 Å². The minimum absolute atomic E-state index is 0.260. The molecule has 1 aliphatic heterocycles. The normalized spacial score (nSPS) is 18.8. The lowest BCUT2D eigenvalue weighted by atomic mass is 9.94. The van der Waals surface area contributed by atoms with E-state index in [0.29, 0.717) is 18.0 Å². The van der Waals surface area contributed by atoms with Crippen molar-refractivity contribution in [2.75, 3.05) is 19.6 Å². The number of rotatable bonds is 5. The number of benzene rings is 1. The molecule has 6 nitrogen and oxygen atoms in total. The molecular weight excluding hydrogens is 316 g/mol. The van der Waals surface area contributed by atoms with E-state index in [0.717, 1.165) is 37.3 Å². The second kappa shape index (κ2) is 6.88. The Morgan fingerprint density at radius 3 is 3.04 bits per heavy atom. The van der Waals surface area contributed by atoms with Crippen LogP contribution in [-0.4, -0.2) is 39.3 Å². The Morgan fingerprint density at radius 2 is 2.20 bits per heavy atom. The number of hydrogen-bond acceptors (Lipinski definition) is 4. The number of hydrogen-bond donors (Lipinski definition) is 1. The third-order valence-corrected chi connectivity index (χ3v) is 5.08. The molecule has 2 aromatic heterocycles. The van der Waals surface area contributed by atoms with E-state index < -0.39 is 0 Å². The number of fused-ring (bicyclic) bond motifs is 1. The van der Waals surface area contributed by atoms with Crippen LogP contribution in [0.5, 0.6) is 0 Å². The maximum absolute atomic E-state index is 12.0. The molecule has 3 aromatic rings. The maximum Gasteiger partial charge on any atom is 0.419 e. The van der Waals surface area contributed by atoms with Crippen molar-refractivity contribution in [1.82, 2.24) is 19.7 Å². The predicted molar refractivity (Wildman–Crippen MR) is 96.8 cm³/mol. The molecule has 0 bridgehead atoms. The van der Waals surface area contributed by atoms with Crippen LogP contribution >= 0.6 is 0 Å². The van der Waals surface area contributed by atoms with Crippen LogP contribution in [0.15, 0.2) is 39.5 Å². The van der Waals surface area contributed by atoms with Crippen molar-refractivity contribution in [3.05, 3.63) is 52.3 Å². The number of aryl methyl sites for hydroxylation is 2. The first-order chi connectivity index (χ1) is 12.2. The van der Waals surface area contributed by atoms with Crippen LogP contribution in [0, 0.1) is 6.92 Å². The molecule has 1 N–H and O–H groups in total. The Kier molecular flexibility index (Phi) is 4.44. The predicted octanol–water partition coefficient (Wildman–Crippen LogP) is 2.90. The van der Waals surface area contributed by atoms with Crippen LogP contribution in [0.1, 0.15) is 36.6 Å². The van der Waals surface area contributed by atoms with Crippen LogP contribution < -0.4 is 5.76 Å². The molecule has 1 fully saturated rings. The molecule has 132 valence electrons. The average molecular weight is 340 g/mol. The van der Waals surface area contributed by atoms with Gasteiger partial charge in [-0.25, -0.2) is 4.79 Å². The molecular formula is C19H24N4O2. The summed E-state index contributed by atoms with van der Waals surface area (Å²) >= 11 is 0. The van der Waals surface area contributed by atoms with E-state index in [1.807, 2.05) is 31.2 Å². The van der Waals surface area contributed by atoms with Gasteiger partial charge < -0.3 is 9.32 Å². The first-order valence-corrected chi connectivity index (χ1v) is 9.03. The van der Waals surface area contributed by atoms with Crippen LogP contribution in [0.4, 0.5) is 0 Å². The minimum Gasteiger partial charge on any atom is -0.408 e. The number of aromatic amines is 1. The van der Waals surface area contributed by atoms with Gasteiger partial charge in [0, 0.05) is 24.7 Å². The van der Waals surface area contributed by atoms with Crippen LogP contribution in [0.25, 0.3) is 11.1 Å². The van der Waals surface area contributed by atoms with Gasteiger partial charge in [0.05, 0.1) is 11.2 Å². The summed E-state index contributed by atoms with van der Waals surface area (Å²) in [7, 11) is 0. The lowest BCUT2D eigenvalue weighted by Crippen LogP contribution is -2.35. The summed E-state index contributed by atoms with van der Waals surface area (Å²) in [6.45, 7) is 5.90. The maximum atomic E-state index is 12.0. The molecule has 1 saturated heterocycles. The zero-order chi connectivity index (χ0) is 17.2. The van der Waals surface area contributed by atoms with E-state index >= 15 is 0 Å². The fraction of sp³-hybridized carbons (Fsp3) is 0.474. The molecule has 0 amide bonds. The molecule has 0 unspecified atom stereocenters. The zero-order valence-corrected chi connectivity index (χ0v) is 14.6. The minimum atomic E-state index is -0.260. The van der Waals surface area contributed by atoms with E-state index in [1.165, 1.54) is 18.5 Å². The summed E-state index contributed by atoms with van der Waals surface area (Å²) in [4.78, 5) is 14.5. The van der Waals surface area contributed by atoms with E-state index in [9.17, 15) is 4.79 Å². The number of oxazole rings is 1. The molecule has 1 aromatic carbocycles. The Hall–Kier alpha value is -2.34. The summed E-state index contributed by atoms with van der Waals surface area (Å²) in [6.07, 6.45) is 3.34. The Morgan fingerprint density at radius 1 is 1.32 bits per heavy atom. The number of likely N-dealkylation sites (tertiary alicyclic amines) is 1. The molecule has 1 atom stereocenters. The van der Waals surface area contributed by atoms with Gasteiger partial charge in [-0.05, 0) is 57.5 Å². The van der Waals surface area contributed by atoms with Gasteiger partial charge in [0.25, 0.3) is 0 Å². The Balaban J connectivity index is 1.36. The van der Waals surface area contributed by atoms with Gasteiger partial charge in [0.15, 0.2) is 5.58 Å². The summed E-state index contributed by atoms with van der Waals surface area (Å²) in [5.74, 6) is 0.251. The van der Waals surface area contributed by atoms with Crippen molar-refractivity contribution in [2.24, 2.45) is 0 Å². The van der Waals surface area contributed by atoms with Crippen LogP contribution in [0.2, 0.25) is 0 Å². The summed E-state index contributed by atoms with van der Waals surface area (Å²) in [6, 6.07) is 9.77. The van der Waals surface area contributed by atoms with Crippen LogP contribution in [-0.2, 0) is 6.54 Å². The van der Waals surface area contributed by atoms with Crippen molar-refractivity contribution in [3.8, 4) is 0 Å². The molecule has 1 aliphatic rings. The van der Waals surface area contributed by atoms with E-state index in [-0.39, 0.29) is 5.76 Å². The molecule has 4 rings (SSSR count). The Bertz CT molecular complexity index is 907. The van der Waals surface area contributed by atoms with Crippen molar-refractivity contribution in [3.63, 3.8) is 0 Å². The summed E-state index contributed by atoms with van der Waals surface area (Å²) < 4.78 is 7.04. The number of nitrogens with zero attached hydrogens (tertiary/aromatic N) is 3. The highest BCUT2D eigenvalue weighted by molar-refractivity contribution is 5.72. The first kappa shape index (κ1) is 16.1. The number of para-hydroxylation sites is 2. The molecule has 6 heteroatoms. The van der Waals surface area contributed by atoms with Gasteiger partial charge in [-0.1, -0.05) is 12.1 Å². The van der Waals surface area contributed by atoms with Gasteiger partial charge in [0.2, 0.25) is 0 Å². The van der Waals surface area contributed by atoms with Gasteiger partial charge in [0.1, 0.15) is 0 Å². The molecule has 0 saturated carbocycles. The first-order valence-electron chi connectivity index (χ1n) is 9.03. The van der Waals surface area contributed by atoms with Gasteiger partial charge in [-0.15, -0.1) is 0 Å². The highest BCUT2D eigenvalue weighted by atomic mass is 16.4. The summed E-state index contributed by atoms with van der Waals surface area (Å²) in [5, 5.41) is 7.48. The molecule has 0 radical (unpaired) electrons. The topological polar surface area (TPSA) is 67.1 Å². The quantitative estimate of drug-likeness (QED) is 0.775. The van der Waals surface area contributed by atoms with E-state index in [4.69, 9.17) is 4.42 Å². The molecule has 25 heavy (non-hydrogen) atoms. The lowest BCUT2D eigenvalue weighted by molar-refractivity contribution is 0.201. The van der Waals surface area contributed by atoms with Crippen molar-refractivity contribution >= 4 is 11.1 Å². The number of piperidine rings is 1. The highest BCUT2D eigenvalue weighted by Crippen LogP contribution is 2.26. The SMILES string of the molecule is Cc1cc([C@@H]2CCCN(CCCn3c(=O)oc4ccccc43)C2)n[nH]1. The van der Waals surface area contributed by atoms with Crippen molar-refractivity contribution in [2.45, 2.75) is 38.6 Å². The average Bonchev–Trinajstić information content (AvgIpc) is 3.19.